The molecule has 4 nitrogen and oxygen atoms in total. The normalized spacial score (nSPS) is 10.9. The van der Waals surface area contributed by atoms with E-state index in [-0.39, 0.29) is 5.56 Å². The molecule has 0 saturated carbocycles. The molecule has 0 aliphatic carbocycles. The summed E-state index contributed by atoms with van der Waals surface area (Å²) in [7, 11) is 0. The van der Waals surface area contributed by atoms with Gasteiger partial charge in [0.1, 0.15) is 5.82 Å². The number of rotatable bonds is 4. The van der Waals surface area contributed by atoms with Crippen LogP contribution in [-0.2, 0) is 11.3 Å². The fourth-order valence-corrected chi connectivity index (χ4v) is 1.85. The first-order valence-electron chi connectivity index (χ1n) is 5.70. The van der Waals surface area contributed by atoms with Crippen LogP contribution in [0.25, 0.3) is 10.8 Å². The molecule has 0 bridgehead atoms. The molecule has 1 heterocycles. The molecule has 2 aromatic rings. The standard InChI is InChI=1S/C13H16N2O2/c1-2-17-8-7-15-12(14)9-10-5-3-4-6-11(10)13(15)16/h3-6,9H,2,7-8,14H2,1H3. The number of hydrogen-bond donors (Lipinski definition) is 1. The molecule has 0 aliphatic heterocycles. The van der Waals surface area contributed by atoms with Crippen LogP contribution in [0, 0.1) is 0 Å². The largest absolute Gasteiger partial charge is 0.385 e. The average Bonchev–Trinajstić information content (AvgIpc) is 2.33. The van der Waals surface area contributed by atoms with E-state index in [1.54, 1.807) is 4.57 Å². The maximum absolute atomic E-state index is 12.2. The molecule has 0 saturated heterocycles. The number of fused-ring (bicyclic) bond motifs is 1. The van der Waals surface area contributed by atoms with Crippen LogP contribution < -0.4 is 11.3 Å². The van der Waals surface area contributed by atoms with Crippen LogP contribution in [0.2, 0.25) is 0 Å². The Morgan fingerprint density at radius 1 is 1.35 bits per heavy atom. The molecule has 17 heavy (non-hydrogen) atoms. The highest BCUT2D eigenvalue weighted by Crippen LogP contribution is 2.12. The molecule has 0 unspecified atom stereocenters. The minimum atomic E-state index is -0.0553. The lowest BCUT2D eigenvalue weighted by molar-refractivity contribution is 0.139. The lowest BCUT2D eigenvalue weighted by Gasteiger charge is -2.10. The molecule has 0 radical (unpaired) electrons. The maximum Gasteiger partial charge on any atom is 0.260 e. The molecule has 2 rings (SSSR count). The van der Waals surface area contributed by atoms with Crippen LogP contribution >= 0.6 is 0 Å². The van der Waals surface area contributed by atoms with Crippen molar-refractivity contribution in [1.82, 2.24) is 4.57 Å². The van der Waals surface area contributed by atoms with E-state index in [4.69, 9.17) is 10.5 Å². The van der Waals surface area contributed by atoms with Gasteiger partial charge in [-0.15, -0.1) is 0 Å². The number of nitrogens with two attached hydrogens (primary N) is 1. The molecule has 4 heteroatoms. The average molecular weight is 232 g/mol. The van der Waals surface area contributed by atoms with Crippen LogP contribution in [0.1, 0.15) is 6.92 Å². The third-order valence-electron chi connectivity index (χ3n) is 2.71. The zero-order chi connectivity index (χ0) is 12.3. The Morgan fingerprint density at radius 3 is 2.88 bits per heavy atom. The van der Waals surface area contributed by atoms with Gasteiger partial charge in [-0.3, -0.25) is 9.36 Å². The van der Waals surface area contributed by atoms with Gasteiger partial charge in [-0.2, -0.15) is 0 Å². The van der Waals surface area contributed by atoms with Crippen molar-refractivity contribution < 1.29 is 4.74 Å². The number of anilines is 1. The number of nitrogens with zero attached hydrogens (tertiary/aromatic N) is 1. The van der Waals surface area contributed by atoms with Gasteiger partial charge in [0.25, 0.3) is 5.56 Å². The van der Waals surface area contributed by atoms with Crippen molar-refractivity contribution in [2.45, 2.75) is 13.5 Å². The molecule has 2 N–H and O–H groups in total. The zero-order valence-corrected chi connectivity index (χ0v) is 9.85. The smallest absolute Gasteiger partial charge is 0.260 e. The molecule has 0 amide bonds. The molecule has 90 valence electrons. The van der Waals surface area contributed by atoms with Gasteiger partial charge in [-0.25, -0.2) is 0 Å². The van der Waals surface area contributed by atoms with Crippen molar-refractivity contribution in [3.8, 4) is 0 Å². The monoisotopic (exact) mass is 232 g/mol. The van der Waals surface area contributed by atoms with Gasteiger partial charge < -0.3 is 10.5 Å². The highest BCUT2D eigenvalue weighted by atomic mass is 16.5. The second kappa shape index (κ2) is 5.01. The van der Waals surface area contributed by atoms with Crippen LogP contribution in [0.15, 0.2) is 35.1 Å². The summed E-state index contributed by atoms with van der Waals surface area (Å²) in [6, 6.07) is 9.27. The second-order valence-corrected chi connectivity index (χ2v) is 3.81. The van der Waals surface area contributed by atoms with E-state index in [9.17, 15) is 4.79 Å². The zero-order valence-electron chi connectivity index (χ0n) is 9.85. The van der Waals surface area contributed by atoms with Gasteiger partial charge in [-0.05, 0) is 24.4 Å². The first kappa shape index (κ1) is 11.7. The Bertz CT molecular complexity index is 575. The van der Waals surface area contributed by atoms with E-state index in [1.807, 2.05) is 37.3 Å². The third kappa shape index (κ3) is 2.31. The van der Waals surface area contributed by atoms with Crippen LogP contribution in [0.5, 0.6) is 0 Å². The number of nitrogen functional groups attached to an aromatic ring is 1. The summed E-state index contributed by atoms with van der Waals surface area (Å²) in [4.78, 5) is 12.2. The van der Waals surface area contributed by atoms with E-state index in [2.05, 4.69) is 0 Å². The van der Waals surface area contributed by atoms with Gasteiger partial charge in [0.2, 0.25) is 0 Å². The number of aromatic nitrogens is 1. The molecule has 0 spiro atoms. The van der Waals surface area contributed by atoms with Crippen LogP contribution in [-0.4, -0.2) is 17.8 Å². The predicted octanol–water partition coefficient (Wildman–Crippen LogP) is 1.62. The van der Waals surface area contributed by atoms with E-state index in [0.29, 0.717) is 31.0 Å². The fourth-order valence-electron chi connectivity index (χ4n) is 1.85. The van der Waals surface area contributed by atoms with E-state index < -0.39 is 0 Å². The number of ether oxygens (including phenoxy) is 1. The summed E-state index contributed by atoms with van der Waals surface area (Å²) in [6.07, 6.45) is 0. The molecular weight excluding hydrogens is 216 g/mol. The van der Waals surface area contributed by atoms with Gasteiger partial charge in [0.15, 0.2) is 0 Å². The van der Waals surface area contributed by atoms with Crippen molar-refractivity contribution in [2.24, 2.45) is 0 Å². The highest BCUT2D eigenvalue weighted by Gasteiger charge is 2.05. The van der Waals surface area contributed by atoms with Crippen molar-refractivity contribution in [1.29, 1.82) is 0 Å². The van der Waals surface area contributed by atoms with Gasteiger partial charge in [-0.1, -0.05) is 18.2 Å². The Balaban J connectivity index is 2.45. The quantitative estimate of drug-likeness (QED) is 0.815. The molecule has 0 fully saturated rings. The van der Waals surface area contributed by atoms with Crippen LogP contribution in [0.4, 0.5) is 5.82 Å². The van der Waals surface area contributed by atoms with Crippen molar-refractivity contribution in [3.63, 3.8) is 0 Å². The molecule has 0 aliphatic rings. The lowest BCUT2D eigenvalue weighted by Crippen LogP contribution is -2.25. The van der Waals surface area contributed by atoms with Gasteiger partial charge >= 0.3 is 0 Å². The summed E-state index contributed by atoms with van der Waals surface area (Å²) >= 11 is 0. The second-order valence-electron chi connectivity index (χ2n) is 3.81. The lowest BCUT2D eigenvalue weighted by atomic mass is 10.1. The Kier molecular flexibility index (Phi) is 3.44. The van der Waals surface area contributed by atoms with Crippen molar-refractivity contribution in [2.75, 3.05) is 18.9 Å². The summed E-state index contributed by atoms with van der Waals surface area (Å²) in [5.74, 6) is 0.480. The number of benzene rings is 1. The summed E-state index contributed by atoms with van der Waals surface area (Å²) < 4.78 is 6.80. The van der Waals surface area contributed by atoms with E-state index in [1.165, 1.54) is 0 Å². The van der Waals surface area contributed by atoms with E-state index >= 15 is 0 Å². The minimum absolute atomic E-state index is 0.0553. The summed E-state index contributed by atoms with van der Waals surface area (Å²) in [5.41, 5.74) is 5.82. The Morgan fingerprint density at radius 2 is 2.12 bits per heavy atom. The SMILES string of the molecule is CCOCCn1c(N)cc2ccccc2c1=O. The fraction of sp³-hybridized carbons (Fsp3) is 0.308. The first-order chi connectivity index (χ1) is 8.24. The Hall–Kier alpha value is -1.81. The van der Waals surface area contributed by atoms with E-state index in [0.717, 1.165) is 5.39 Å². The number of hydrogen-bond acceptors (Lipinski definition) is 3. The topological polar surface area (TPSA) is 57.2 Å². The van der Waals surface area contributed by atoms with Gasteiger partial charge in [0, 0.05) is 12.0 Å². The summed E-state index contributed by atoms with van der Waals surface area (Å²) in [5, 5.41) is 1.57. The Labute approximate surface area is 99.6 Å². The molecular formula is C13H16N2O2. The third-order valence-corrected chi connectivity index (χ3v) is 2.71. The molecule has 1 aromatic heterocycles. The van der Waals surface area contributed by atoms with Crippen molar-refractivity contribution >= 4 is 16.6 Å². The molecule has 0 atom stereocenters. The van der Waals surface area contributed by atoms with Crippen LogP contribution in [0.3, 0.4) is 0 Å². The molecule has 1 aromatic carbocycles. The van der Waals surface area contributed by atoms with Crippen molar-refractivity contribution in [3.05, 3.63) is 40.7 Å². The number of pyridine rings is 1. The maximum atomic E-state index is 12.2. The first-order valence-corrected chi connectivity index (χ1v) is 5.70. The minimum Gasteiger partial charge on any atom is -0.385 e. The summed E-state index contributed by atoms with van der Waals surface area (Å²) in [6.45, 7) is 3.55. The van der Waals surface area contributed by atoms with Gasteiger partial charge in [0.05, 0.1) is 13.2 Å². The highest BCUT2D eigenvalue weighted by molar-refractivity contribution is 5.83. The predicted molar refractivity (Wildman–Crippen MR) is 69.1 cm³/mol.